The lowest BCUT2D eigenvalue weighted by molar-refractivity contribution is -0.138. The molecule has 4 bridgehead atoms. The van der Waals surface area contributed by atoms with Crippen LogP contribution in [-0.4, -0.2) is 134 Å². The summed E-state index contributed by atoms with van der Waals surface area (Å²) in [5.41, 5.74) is 6.56. The van der Waals surface area contributed by atoms with Crippen LogP contribution >= 0.6 is 0 Å². The van der Waals surface area contributed by atoms with Gasteiger partial charge in [0.1, 0.15) is 23.6 Å². The van der Waals surface area contributed by atoms with Gasteiger partial charge in [0.05, 0.1) is 57.3 Å². The lowest BCUT2D eigenvalue weighted by Crippen LogP contribution is -2.55. The zero-order chi connectivity index (χ0) is 53.0. The zero-order valence-electron chi connectivity index (χ0n) is 43.9. The number of aliphatic hydroxyl groups excluding tert-OH is 2. The Morgan fingerprint density at radius 2 is 1.08 bits per heavy atom. The predicted octanol–water partition coefficient (Wildman–Crippen LogP) is 5.88. The van der Waals surface area contributed by atoms with E-state index in [-0.39, 0.29) is 54.5 Å². The molecule has 2 aliphatic carbocycles. The lowest BCUT2D eigenvalue weighted by atomic mass is 9.99. The summed E-state index contributed by atoms with van der Waals surface area (Å²) >= 11 is 0. The van der Waals surface area contributed by atoms with Gasteiger partial charge in [-0.25, -0.2) is 0 Å². The van der Waals surface area contributed by atoms with Crippen molar-refractivity contribution in [3.05, 3.63) is 143 Å². The van der Waals surface area contributed by atoms with Crippen LogP contribution in [0, 0.1) is 0 Å². The molecule has 10 rings (SSSR count). The number of nitrogens with zero attached hydrogens (tertiary/aromatic N) is 2. The third kappa shape index (κ3) is 13.5. The Labute approximate surface area is 446 Å². The molecule has 4 aromatic carbocycles. The lowest BCUT2D eigenvalue weighted by Gasteiger charge is -2.31. The van der Waals surface area contributed by atoms with Gasteiger partial charge in [-0.05, 0) is 122 Å². The smallest absolute Gasteiger partial charge is 0.243 e. The summed E-state index contributed by atoms with van der Waals surface area (Å²) in [6, 6.07) is 29.7. The summed E-state index contributed by atoms with van der Waals surface area (Å²) in [6.45, 7) is 2.76. The normalized spacial score (nSPS) is 28.6. The Morgan fingerprint density at radius 3 is 1.58 bits per heavy atom. The number of rotatable bonds is 8. The number of methoxy groups -OCH3 is 2. The molecule has 6 N–H and O–H groups in total. The molecule has 0 saturated carbocycles. The van der Waals surface area contributed by atoms with E-state index >= 15 is 0 Å². The molecule has 6 aliphatic rings. The molecule has 4 aliphatic heterocycles. The van der Waals surface area contributed by atoms with Crippen LogP contribution in [0.3, 0.4) is 0 Å². The highest BCUT2D eigenvalue weighted by atomic mass is 16.5. The van der Waals surface area contributed by atoms with Gasteiger partial charge in [0.2, 0.25) is 23.6 Å². The van der Waals surface area contributed by atoms with Crippen LogP contribution < -0.4 is 30.7 Å². The maximum absolute atomic E-state index is 13.6. The first-order valence-electron chi connectivity index (χ1n) is 27.4. The number of aliphatic hydroxyl groups is 2. The van der Waals surface area contributed by atoms with E-state index in [4.69, 9.17) is 18.9 Å². The summed E-state index contributed by atoms with van der Waals surface area (Å²) in [4.78, 5) is 55.7. The van der Waals surface area contributed by atoms with Crippen LogP contribution in [0.5, 0.6) is 11.5 Å². The quantitative estimate of drug-likeness (QED) is 0.115. The third-order valence-corrected chi connectivity index (χ3v) is 15.9. The molecular weight excluding hydrogens is 965 g/mol. The maximum Gasteiger partial charge on any atom is 0.243 e. The van der Waals surface area contributed by atoms with E-state index in [1.54, 1.807) is 24.0 Å². The maximum atomic E-state index is 13.6. The van der Waals surface area contributed by atoms with Crippen molar-refractivity contribution >= 4 is 23.6 Å². The average molecular weight is 1040 g/mol. The van der Waals surface area contributed by atoms with E-state index < -0.39 is 36.4 Å². The molecule has 4 heterocycles. The van der Waals surface area contributed by atoms with Crippen LogP contribution in [0.25, 0.3) is 0 Å². The van der Waals surface area contributed by atoms with Gasteiger partial charge in [-0.15, -0.1) is 0 Å². The minimum atomic E-state index is -0.844. The fraction of sp³-hybridized carbons (Fsp3) is 0.500. The first kappa shape index (κ1) is 54.6. The van der Waals surface area contributed by atoms with Crippen molar-refractivity contribution in [1.82, 2.24) is 31.1 Å². The van der Waals surface area contributed by atoms with E-state index in [2.05, 4.69) is 33.4 Å². The summed E-state index contributed by atoms with van der Waals surface area (Å²) in [5, 5.41) is 36.1. The number of ether oxygens (including phenoxy) is 4. The van der Waals surface area contributed by atoms with Gasteiger partial charge in [0.15, 0.2) is 0 Å². The van der Waals surface area contributed by atoms with Gasteiger partial charge in [-0.1, -0.05) is 84.9 Å². The molecule has 0 aromatic heterocycles. The molecule has 16 nitrogen and oxygen atoms in total. The van der Waals surface area contributed by atoms with Gasteiger partial charge < -0.3 is 60.2 Å². The second-order valence-electron chi connectivity index (χ2n) is 20.9. The molecular formula is C60H76N6O10. The van der Waals surface area contributed by atoms with Crippen LogP contribution in [0.1, 0.15) is 122 Å². The van der Waals surface area contributed by atoms with Crippen molar-refractivity contribution in [2.24, 2.45) is 0 Å². The van der Waals surface area contributed by atoms with E-state index in [9.17, 15) is 29.4 Å². The number of amides is 4. The number of carbonyl (C=O) groups is 4. The Morgan fingerprint density at radius 1 is 0.579 bits per heavy atom. The first-order valence-corrected chi connectivity index (χ1v) is 27.4. The van der Waals surface area contributed by atoms with E-state index in [0.29, 0.717) is 71.4 Å². The predicted molar refractivity (Wildman–Crippen MR) is 287 cm³/mol. The van der Waals surface area contributed by atoms with E-state index in [1.165, 1.54) is 0 Å². The molecule has 0 spiro atoms. The van der Waals surface area contributed by atoms with Crippen LogP contribution in [-0.2, 0) is 41.5 Å². The topological polar surface area (TPSA) is 200 Å². The Kier molecular flexibility index (Phi) is 18.9. The minimum absolute atomic E-state index is 0.00103. The molecule has 10 atom stereocenters. The summed E-state index contributed by atoms with van der Waals surface area (Å²) in [6.07, 6.45) is 9.59. The number of hydrogen-bond acceptors (Lipinski definition) is 12. The highest BCUT2D eigenvalue weighted by Gasteiger charge is 2.39. The Balaban J connectivity index is 0.000000186. The zero-order valence-corrected chi connectivity index (χ0v) is 43.9. The third-order valence-electron chi connectivity index (χ3n) is 15.9. The number of benzene rings is 4. The number of β-amino-alcohol motifs (C(OH)–C–C–N with tert-alkyl or cyclic N) is 2. The van der Waals surface area contributed by atoms with Crippen LogP contribution in [0.15, 0.2) is 109 Å². The average Bonchev–Trinajstić information content (AvgIpc) is 4.23. The monoisotopic (exact) mass is 1040 g/mol. The van der Waals surface area contributed by atoms with Crippen LogP contribution in [0.2, 0.25) is 0 Å². The standard InChI is InChI=1S/C30H39N3O5.C30H37N3O5/c2*1-37-21-12-13-22-23(17-21)24-18-28(22)38-15-6-5-10-26(33-14-7-11-29(33)35)30(36)32-25(27(34)19-31-24)16-20-8-3-2-4-9-20/h2-4,8-9,12-13,17,24-28,31,34H,5-7,10-11,14-16,18-19H2,1H3,(H,32,36);2-6,8-9,12-13,17,24-28,31,34H,7,10-11,14-16,18-19H2,1H3,(H,32,36)/t2*24?,25-,26?,27+,28?/m00/s1. The molecule has 406 valence electrons. The SMILES string of the molecule is COc1ccc2c(c1)C1CC2OCC=CCC(N2CCCC2=O)C(=O)N[C@@H](Cc2ccccc2)[C@H](O)CN1.COc1ccc2c(c1)C1CC2OCCCCC(N2CCCC2=O)C(=O)N[C@@H](Cc2ccccc2)[C@H](O)CN1. The Bertz CT molecular complexity index is 2620. The number of likely N-dealkylation sites (tertiary alicyclic amines) is 2. The second kappa shape index (κ2) is 26.3. The number of nitrogens with one attached hydrogen (secondary N) is 4. The van der Waals surface area contributed by atoms with Crippen molar-refractivity contribution < 1.29 is 48.3 Å². The number of hydrogen-bond donors (Lipinski definition) is 6. The molecule has 0 radical (unpaired) electrons. The highest BCUT2D eigenvalue weighted by Crippen LogP contribution is 2.44. The summed E-state index contributed by atoms with van der Waals surface area (Å²) in [7, 11) is 3.31. The van der Waals surface area contributed by atoms with Gasteiger partial charge in [0, 0.05) is 57.7 Å². The van der Waals surface area contributed by atoms with Gasteiger partial charge in [0.25, 0.3) is 0 Å². The van der Waals surface area contributed by atoms with Gasteiger partial charge in [-0.3, -0.25) is 19.2 Å². The highest BCUT2D eigenvalue weighted by molar-refractivity contribution is 5.89. The van der Waals surface area contributed by atoms with Crippen molar-refractivity contribution in [3.63, 3.8) is 0 Å². The second-order valence-corrected chi connectivity index (χ2v) is 20.9. The minimum Gasteiger partial charge on any atom is -0.497 e. The summed E-state index contributed by atoms with van der Waals surface area (Å²) < 4.78 is 23.5. The van der Waals surface area contributed by atoms with Crippen LogP contribution in [0.4, 0.5) is 0 Å². The van der Waals surface area contributed by atoms with Gasteiger partial charge in [-0.2, -0.15) is 0 Å². The fourth-order valence-corrected chi connectivity index (χ4v) is 11.8. The molecule has 76 heavy (non-hydrogen) atoms. The number of fused-ring (bicyclic) bond motifs is 10. The van der Waals surface area contributed by atoms with E-state index in [0.717, 1.165) is 83.4 Å². The van der Waals surface area contributed by atoms with E-state index in [1.807, 2.05) is 97.1 Å². The van der Waals surface area contributed by atoms with Gasteiger partial charge >= 0.3 is 0 Å². The Hall–Kier alpha value is -6.14. The van der Waals surface area contributed by atoms with Crippen molar-refractivity contribution in [2.75, 3.05) is 53.6 Å². The van der Waals surface area contributed by atoms with Crippen molar-refractivity contribution in [3.8, 4) is 11.5 Å². The molecule has 3 fully saturated rings. The van der Waals surface area contributed by atoms with Crippen molar-refractivity contribution in [1.29, 1.82) is 0 Å². The summed E-state index contributed by atoms with van der Waals surface area (Å²) in [5.74, 6) is 1.18. The molecule has 4 aromatic rings. The molecule has 6 unspecified atom stereocenters. The number of carbonyl (C=O) groups excluding carboxylic acids is 4. The van der Waals surface area contributed by atoms with Crippen molar-refractivity contribution in [2.45, 2.75) is 138 Å². The molecule has 16 heteroatoms. The molecule has 3 saturated heterocycles. The first-order chi connectivity index (χ1) is 37.1. The molecule has 4 amide bonds. The largest absolute Gasteiger partial charge is 0.497 e. The fourth-order valence-electron chi connectivity index (χ4n) is 11.8.